The third-order valence-corrected chi connectivity index (χ3v) is 8.64. The second-order valence-corrected chi connectivity index (χ2v) is 10.9. The number of amides is 1. The van der Waals surface area contributed by atoms with Crippen molar-refractivity contribution >= 4 is 17.2 Å². The standard InChI is InChI=1S/C29H35N3O2S/c1-22-10-12-23(13-11-22)27-25(31-28(35-27)24-8-4-2-5-9-24)20-26(33)30-21-29(14-6-3-7-15-29)32-16-18-34-19-17-32/h2,4-5,8-13H,3,6-7,14-21H2,1H3,(H,30,33). The van der Waals surface area contributed by atoms with Crippen LogP contribution in [0.3, 0.4) is 0 Å². The number of ether oxygens (including phenoxy) is 1. The van der Waals surface area contributed by atoms with Gasteiger partial charge in [0.15, 0.2) is 0 Å². The number of hydrogen-bond acceptors (Lipinski definition) is 5. The van der Waals surface area contributed by atoms with Gasteiger partial charge in [-0.25, -0.2) is 4.98 Å². The van der Waals surface area contributed by atoms with Crippen molar-refractivity contribution in [3.63, 3.8) is 0 Å². The molecule has 1 aromatic heterocycles. The molecule has 1 saturated heterocycles. The molecule has 2 aliphatic rings. The van der Waals surface area contributed by atoms with Gasteiger partial charge in [0, 0.05) is 30.7 Å². The summed E-state index contributed by atoms with van der Waals surface area (Å²) in [7, 11) is 0. The minimum atomic E-state index is 0.0569. The van der Waals surface area contributed by atoms with E-state index in [0.717, 1.165) is 65.9 Å². The Bertz CT molecular complexity index is 1110. The van der Waals surface area contributed by atoms with Crippen molar-refractivity contribution in [2.24, 2.45) is 0 Å². The largest absolute Gasteiger partial charge is 0.379 e. The zero-order chi connectivity index (χ0) is 24.1. The Balaban J connectivity index is 1.35. The van der Waals surface area contributed by atoms with Crippen molar-refractivity contribution < 1.29 is 9.53 Å². The Labute approximate surface area is 212 Å². The summed E-state index contributed by atoms with van der Waals surface area (Å²) in [5.74, 6) is 0.0569. The van der Waals surface area contributed by atoms with Gasteiger partial charge in [-0.1, -0.05) is 79.4 Å². The Morgan fingerprint density at radius 1 is 1.00 bits per heavy atom. The van der Waals surface area contributed by atoms with Gasteiger partial charge in [0.2, 0.25) is 5.91 Å². The highest BCUT2D eigenvalue weighted by Gasteiger charge is 2.38. The van der Waals surface area contributed by atoms with Crippen LogP contribution in [0.4, 0.5) is 0 Å². The molecule has 0 spiro atoms. The maximum Gasteiger partial charge on any atom is 0.226 e. The summed E-state index contributed by atoms with van der Waals surface area (Å²) in [4.78, 5) is 21.9. The van der Waals surface area contributed by atoms with Crippen LogP contribution in [0.5, 0.6) is 0 Å². The molecule has 2 heterocycles. The van der Waals surface area contributed by atoms with Crippen molar-refractivity contribution in [3.05, 3.63) is 65.9 Å². The molecule has 3 aromatic rings. The van der Waals surface area contributed by atoms with Crippen LogP contribution in [0.25, 0.3) is 21.0 Å². The van der Waals surface area contributed by atoms with E-state index in [-0.39, 0.29) is 11.4 Å². The molecule has 0 unspecified atom stereocenters. The summed E-state index contributed by atoms with van der Waals surface area (Å²) in [6.45, 7) is 6.30. The lowest BCUT2D eigenvalue weighted by Gasteiger charge is -2.48. The van der Waals surface area contributed by atoms with Gasteiger partial charge in [-0.05, 0) is 25.3 Å². The highest BCUT2D eigenvalue weighted by Crippen LogP contribution is 2.36. The first-order valence-electron chi connectivity index (χ1n) is 12.8. The molecule has 5 nitrogen and oxygen atoms in total. The quantitative estimate of drug-likeness (QED) is 0.478. The van der Waals surface area contributed by atoms with Crippen LogP contribution in [0, 0.1) is 6.92 Å². The number of thiazole rings is 1. The molecule has 1 saturated carbocycles. The summed E-state index contributed by atoms with van der Waals surface area (Å²) in [6.07, 6.45) is 6.36. The molecular weight excluding hydrogens is 454 g/mol. The maximum atomic E-state index is 13.3. The van der Waals surface area contributed by atoms with Crippen LogP contribution in [0.1, 0.15) is 43.4 Å². The number of benzene rings is 2. The van der Waals surface area contributed by atoms with Gasteiger partial charge in [0.25, 0.3) is 0 Å². The lowest BCUT2D eigenvalue weighted by Crippen LogP contribution is -2.59. The molecule has 35 heavy (non-hydrogen) atoms. The van der Waals surface area contributed by atoms with Crippen molar-refractivity contribution in [1.29, 1.82) is 0 Å². The second-order valence-electron chi connectivity index (χ2n) is 9.86. The normalized spacial score (nSPS) is 18.3. The van der Waals surface area contributed by atoms with Crippen molar-refractivity contribution in [2.45, 2.75) is 51.0 Å². The highest BCUT2D eigenvalue weighted by atomic mass is 32.1. The van der Waals surface area contributed by atoms with Gasteiger partial charge in [0.05, 0.1) is 30.2 Å². The number of carbonyl (C=O) groups is 1. The van der Waals surface area contributed by atoms with E-state index in [0.29, 0.717) is 13.0 Å². The topological polar surface area (TPSA) is 54.5 Å². The molecular formula is C29H35N3O2S. The van der Waals surface area contributed by atoms with Crippen molar-refractivity contribution in [1.82, 2.24) is 15.2 Å². The smallest absolute Gasteiger partial charge is 0.226 e. The molecule has 0 bridgehead atoms. The SMILES string of the molecule is Cc1ccc(-c2sc(-c3ccccc3)nc2CC(=O)NCC2(N3CCOCC3)CCCCC2)cc1. The maximum absolute atomic E-state index is 13.3. The Kier molecular flexibility index (Phi) is 7.61. The van der Waals surface area contributed by atoms with Crippen LogP contribution >= 0.6 is 11.3 Å². The predicted octanol–water partition coefficient (Wildman–Crippen LogP) is 5.48. The van der Waals surface area contributed by atoms with Gasteiger partial charge in [-0.15, -0.1) is 11.3 Å². The third-order valence-electron chi connectivity index (χ3n) is 7.44. The molecule has 0 radical (unpaired) electrons. The van der Waals surface area contributed by atoms with E-state index >= 15 is 0 Å². The molecule has 1 aliphatic carbocycles. The van der Waals surface area contributed by atoms with Gasteiger partial charge < -0.3 is 10.1 Å². The van der Waals surface area contributed by atoms with E-state index in [4.69, 9.17) is 9.72 Å². The van der Waals surface area contributed by atoms with Crippen molar-refractivity contribution in [3.8, 4) is 21.0 Å². The summed E-state index contributed by atoms with van der Waals surface area (Å²) in [6, 6.07) is 18.7. The summed E-state index contributed by atoms with van der Waals surface area (Å²) < 4.78 is 5.61. The number of aryl methyl sites for hydroxylation is 1. The van der Waals surface area contributed by atoms with E-state index in [1.54, 1.807) is 11.3 Å². The van der Waals surface area contributed by atoms with E-state index in [2.05, 4.69) is 53.5 Å². The molecule has 2 aromatic carbocycles. The minimum absolute atomic E-state index is 0.0569. The highest BCUT2D eigenvalue weighted by molar-refractivity contribution is 7.18. The fourth-order valence-electron chi connectivity index (χ4n) is 5.44. The first-order chi connectivity index (χ1) is 17.1. The van der Waals surface area contributed by atoms with Crippen LogP contribution in [-0.4, -0.2) is 54.2 Å². The average Bonchev–Trinajstić information content (AvgIpc) is 3.33. The first kappa shape index (κ1) is 24.2. The molecule has 2 fully saturated rings. The number of hydrogen-bond donors (Lipinski definition) is 1. The van der Waals surface area contributed by atoms with Crippen LogP contribution in [-0.2, 0) is 16.0 Å². The number of carbonyl (C=O) groups excluding carboxylic acids is 1. The van der Waals surface area contributed by atoms with E-state index in [1.807, 2.05) is 18.2 Å². The van der Waals surface area contributed by atoms with E-state index in [1.165, 1.54) is 24.8 Å². The summed E-state index contributed by atoms with van der Waals surface area (Å²) >= 11 is 1.67. The van der Waals surface area contributed by atoms with Crippen LogP contribution in [0.15, 0.2) is 54.6 Å². The summed E-state index contributed by atoms with van der Waals surface area (Å²) in [5, 5.41) is 4.28. The molecule has 184 valence electrons. The number of aromatic nitrogens is 1. The van der Waals surface area contributed by atoms with Gasteiger partial charge in [0.1, 0.15) is 5.01 Å². The number of morpholine rings is 1. The Morgan fingerprint density at radius 3 is 2.43 bits per heavy atom. The lowest BCUT2D eigenvalue weighted by molar-refractivity contribution is -0.121. The zero-order valence-corrected chi connectivity index (χ0v) is 21.4. The van der Waals surface area contributed by atoms with E-state index < -0.39 is 0 Å². The molecule has 1 N–H and O–H groups in total. The van der Waals surface area contributed by atoms with Crippen molar-refractivity contribution in [2.75, 3.05) is 32.8 Å². The van der Waals surface area contributed by atoms with Gasteiger partial charge in [-0.3, -0.25) is 9.69 Å². The fraction of sp³-hybridized carbons (Fsp3) is 0.448. The number of nitrogens with one attached hydrogen (secondary N) is 1. The van der Waals surface area contributed by atoms with Gasteiger partial charge in [-0.2, -0.15) is 0 Å². The van der Waals surface area contributed by atoms with E-state index in [9.17, 15) is 4.79 Å². The predicted molar refractivity (Wildman–Crippen MR) is 143 cm³/mol. The second kappa shape index (κ2) is 11.0. The minimum Gasteiger partial charge on any atom is -0.379 e. The molecule has 5 rings (SSSR count). The monoisotopic (exact) mass is 489 g/mol. The fourth-order valence-corrected chi connectivity index (χ4v) is 6.53. The number of rotatable bonds is 7. The molecule has 6 heteroatoms. The summed E-state index contributed by atoms with van der Waals surface area (Å²) in [5.41, 5.74) is 4.36. The molecule has 1 amide bonds. The lowest BCUT2D eigenvalue weighted by atomic mass is 9.79. The van der Waals surface area contributed by atoms with Crippen LogP contribution < -0.4 is 5.32 Å². The molecule has 0 atom stereocenters. The van der Waals surface area contributed by atoms with Gasteiger partial charge >= 0.3 is 0 Å². The molecule has 1 aliphatic heterocycles. The third kappa shape index (κ3) is 5.66. The zero-order valence-electron chi connectivity index (χ0n) is 20.6. The average molecular weight is 490 g/mol. The Hall–Kier alpha value is -2.54. The Morgan fingerprint density at radius 2 is 1.71 bits per heavy atom. The number of nitrogens with zero attached hydrogens (tertiary/aromatic N) is 2. The van der Waals surface area contributed by atoms with Crippen LogP contribution in [0.2, 0.25) is 0 Å². The first-order valence-corrected chi connectivity index (χ1v) is 13.7.